The van der Waals surface area contributed by atoms with Crippen LogP contribution in [0.1, 0.15) is 76.0 Å². The summed E-state index contributed by atoms with van der Waals surface area (Å²) < 4.78 is 25.4. The van der Waals surface area contributed by atoms with Crippen molar-refractivity contribution in [3.63, 3.8) is 0 Å². The first-order valence-electron chi connectivity index (χ1n) is 14.0. The highest BCUT2D eigenvalue weighted by Gasteiger charge is 2.37. The summed E-state index contributed by atoms with van der Waals surface area (Å²) >= 11 is 0. The third-order valence-corrected chi connectivity index (χ3v) is 8.81. The van der Waals surface area contributed by atoms with Crippen molar-refractivity contribution in [3.05, 3.63) is 95.6 Å². The van der Waals surface area contributed by atoms with Crippen LogP contribution in [0.5, 0.6) is 11.5 Å². The Morgan fingerprint density at radius 2 is 1.20 bits per heavy atom. The normalized spacial score (nSPS) is 16.6. The average molecular weight is 551 g/mol. The zero-order valence-corrected chi connectivity index (χ0v) is 24.8. The molecule has 0 amide bonds. The molecule has 5 aromatic rings. The standard InChI is InChI=1S/C35H35O4P/c1-20(2)25-18-28(21(3)4)32(29(19-25)22(5)6)30-17-24-12-8-10-14-27(24)34-33-26-13-9-7-11-23(26)15-16-31(33)38-40(36,37)39-35(30)34/h7-22H,1-6H3,(H,36,37). The van der Waals surface area contributed by atoms with Crippen molar-refractivity contribution in [2.45, 2.75) is 59.3 Å². The molecule has 1 atom stereocenters. The number of benzene rings is 5. The molecule has 40 heavy (non-hydrogen) atoms. The van der Waals surface area contributed by atoms with Crippen LogP contribution in [0.3, 0.4) is 0 Å². The molecule has 0 bridgehead atoms. The van der Waals surface area contributed by atoms with Gasteiger partial charge in [0.1, 0.15) is 11.5 Å². The lowest BCUT2D eigenvalue weighted by Gasteiger charge is -2.26. The molecule has 5 aromatic carbocycles. The van der Waals surface area contributed by atoms with Gasteiger partial charge < -0.3 is 9.05 Å². The Kier molecular flexibility index (Phi) is 6.52. The first-order chi connectivity index (χ1) is 19.1. The second-order valence-corrected chi connectivity index (χ2v) is 13.0. The summed E-state index contributed by atoms with van der Waals surface area (Å²) in [7, 11) is -4.50. The molecule has 0 saturated heterocycles. The van der Waals surface area contributed by atoms with E-state index in [1.807, 2.05) is 42.5 Å². The first kappa shape index (κ1) is 26.6. The maximum absolute atomic E-state index is 13.5. The molecule has 1 unspecified atom stereocenters. The predicted molar refractivity (Wildman–Crippen MR) is 166 cm³/mol. The van der Waals surface area contributed by atoms with E-state index in [0.29, 0.717) is 17.4 Å². The van der Waals surface area contributed by atoms with E-state index in [4.69, 9.17) is 9.05 Å². The van der Waals surface area contributed by atoms with Crippen LogP contribution in [-0.2, 0) is 4.57 Å². The minimum atomic E-state index is -4.50. The third kappa shape index (κ3) is 4.40. The fourth-order valence-corrected chi connectivity index (χ4v) is 6.83. The molecule has 0 spiro atoms. The summed E-state index contributed by atoms with van der Waals surface area (Å²) in [6.45, 7) is 13.3. The van der Waals surface area contributed by atoms with Gasteiger partial charge in [-0.05, 0) is 73.7 Å². The van der Waals surface area contributed by atoms with Crippen LogP contribution in [0.2, 0.25) is 0 Å². The summed E-state index contributed by atoms with van der Waals surface area (Å²) in [5.41, 5.74) is 7.13. The van der Waals surface area contributed by atoms with Gasteiger partial charge in [0.2, 0.25) is 0 Å². The minimum absolute atomic E-state index is 0.226. The number of hydrogen-bond donors (Lipinski definition) is 1. The molecule has 5 heteroatoms. The van der Waals surface area contributed by atoms with Crippen LogP contribution < -0.4 is 9.05 Å². The fourth-order valence-electron chi connectivity index (χ4n) is 5.97. The van der Waals surface area contributed by atoms with E-state index in [-0.39, 0.29) is 11.8 Å². The number of hydrogen-bond acceptors (Lipinski definition) is 3. The van der Waals surface area contributed by atoms with Crippen molar-refractivity contribution in [2.24, 2.45) is 0 Å². The lowest BCUT2D eigenvalue weighted by molar-refractivity contribution is 0.295. The molecule has 0 radical (unpaired) electrons. The highest BCUT2D eigenvalue weighted by Crippen LogP contribution is 2.60. The highest BCUT2D eigenvalue weighted by atomic mass is 31.2. The van der Waals surface area contributed by atoms with Gasteiger partial charge in [0.05, 0.1) is 0 Å². The topological polar surface area (TPSA) is 55.8 Å². The van der Waals surface area contributed by atoms with Crippen LogP contribution in [-0.4, -0.2) is 4.89 Å². The zero-order valence-electron chi connectivity index (χ0n) is 23.9. The van der Waals surface area contributed by atoms with Crippen molar-refractivity contribution < 1.29 is 18.5 Å². The van der Waals surface area contributed by atoms with Gasteiger partial charge in [-0.2, -0.15) is 0 Å². The molecular weight excluding hydrogens is 515 g/mol. The van der Waals surface area contributed by atoms with Gasteiger partial charge in [-0.3, -0.25) is 4.89 Å². The molecule has 0 saturated carbocycles. The van der Waals surface area contributed by atoms with Gasteiger partial charge in [0.15, 0.2) is 0 Å². The number of phosphoric ester groups is 1. The maximum Gasteiger partial charge on any atom is 0.584 e. The Hall–Kier alpha value is -3.59. The van der Waals surface area contributed by atoms with E-state index >= 15 is 0 Å². The summed E-state index contributed by atoms with van der Waals surface area (Å²) in [6.07, 6.45) is 0. The van der Waals surface area contributed by atoms with Gasteiger partial charge in [-0.15, -0.1) is 0 Å². The molecule has 1 aliphatic rings. The van der Waals surface area contributed by atoms with Crippen LogP contribution in [0.4, 0.5) is 0 Å². The predicted octanol–water partition coefficient (Wildman–Crippen LogP) is 10.6. The van der Waals surface area contributed by atoms with E-state index in [2.05, 4.69) is 71.9 Å². The van der Waals surface area contributed by atoms with E-state index in [1.165, 1.54) is 16.7 Å². The Morgan fingerprint density at radius 1 is 0.625 bits per heavy atom. The van der Waals surface area contributed by atoms with Gasteiger partial charge >= 0.3 is 7.82 Å². The minimum Gasteiger partial charge on any atom is -0.395 e. The fraction of sp³-hybridized carbons (Fsp3) is 0.257. The summed E-state index contributed by atoms with van der Waals surface area (Å²) in [6, 6.07) is 26.6. The van der Waals surface area contributed by atoms with Crippen molar-refractivity contribution >= 4 is 29.4 Å². The molecular formula is C35H35O4P. The second-order valence-electron chi connectivity index (χ2n) is 11.7. The van der Waals surface area contributed by atoms with Crippen molar-refractivity contribution in [2.75, 3.05) is 0 Å². The molecule has 1 heterocycles. The monoisotopic (exact) mass is 550 g/mol. The molecule has 0 fully saturated rings. The van der Waals surface area contributed by atoms with Gasteiger partial charge in [-0.25, -0.2) is 4.57 Å². The average Bonchev–Trinajstić information content (AvgIpc) is 3.04. The summed E-state index contributed by atoms with van der Waals surface area (Å²) in [5, 5.41) is 3.94. The SMILES string of the molecule is CC(C)c1cc(C(C)C)c(-c2cc3ccccc3c3c2OP(=O)(O)Oc2ccc4ccccc4c2-3)c(C(C)C)c1. The number of fused-ring (bicyclic) bond motifs is 7. The van der Waals surface area contributed by atoms with Crippen LogP contribution in [0.25, 0.3) is 43.8 Å². The lowest BCUT2D eigenvalue weighted by Crippen LogP contribution is -2.05. The zero-order chi connectivity index (χ0) is 28.3. The Labute approximate surface area is 236 Å². The Balaban J connectivity index is 1.84. The second kappa shape index (κ2) is 9.80. The molecule has 1 N–H and O–H groups in total. The van der Waals surface area contributed by atoms with Gasteiger partial charge in [0, 0.05) is 16.7 Å². The Morgan fingerprint density at radius 3 is 1.80 bits per heavy atom. The van der Waals surface area contributed by atoms with Crippen LogP contribution in [0.15, 0.2) is 78.9 Å². The molecule has 4 nitrogen and oxygen atoms in total. The number of rotatable bonds is 4. The molecule has 204 valence electrons. The first-order valence-corrected chi connectivity index (χ1v) is 15.5. The molecule has 0 aliphatic carbocycles. The Bertz CT molecular complexity index is 1800. The van der Waals surface area contributed by atoms with Crippen molar-refractivity contribution in [1.82, 2.24) is 0 Å². The summed E-state index contributed by atoms with van der Waals surface area (Å²) in [5.74, 6) is 1.56. The molecule has 6 rings (SSSR count). The molecule has 1 aliphatic heterocycles. The van der Waals surface area contributed by atoms with Crippen molar-refractivity contribution in [3.8, 4) is 33.8 Å². The van der Waals surface area contributed by atoms with E-state index in [0.717, 1.165) is 43.8 Å². The quantitative estimate of drug-likeness (QED) is 0.226. The highest BCUT2D eigenvalue weighted by molar-refractivity contribution is 7.48. The lowest BCUT2D eigenvalue weighted by atomic mass is 9.80. The van der Waals surface area contributed by atoms with Crippen molar-refractivity contribution in [1.29, 1.82) is 0 Å². The van der Waals surface area contributed by atoms with Crippen LogP contribution >= 0.6 is 7.82 Å². The van der Waals surface area contributed by atoms with Gasteiger partial charge in [-0.1, -0.05) is 108 Å². The van der Waals surface area contributed by atoms with Crippen LogP contribution in [0, 0.1) is 0 Å². The summed E-state index contributed by atoms with van der Waals surface area (Å²) in [4.78, 5) is 11.0. The maximum atomic E-state index is 13.5. The smallest absolute Gasteiger partial charge is 0.395 e. The number of phosphoric acid groups is 1. The van der Waals surface area contributed by atoms with Gasteiger partial charge in [0.25, 0.3) is 0 Å². The van der Waals surface area contributed by atoms with E-state index in [1.54, 1.807) is 6.07 Å². The third-order valence-electron chi connectivity index (χ3n) is 7.96. The molecule has 0 aromatic heterocycles. The van der Waals surface area contributed by atoms with E-state index in [9.17, 15) is 9.46 Å². The largest absolute Gasteiger partial charge is 0.584 e. The van der Waals surface area contributed by atoms with E-state index < -0.39 is 7.82 Å².